The molecule has 276 valence electrons. The lowest BCUT2D eigenvalue weighted by Crippen LogP contribution is -2.36. The van der Waals surface area contributed by atoms with Crippen LogP contribution in [0.15, 0.2) is 25.3 Å². The second kappa shape index (κ2) is 19.2. The van der Waals surface area contributed by atoms with Crippen LogP contribution in [-0.4, -0.2) is 88.8 Å². The summed E-state index contributed by atoms with van der Waals surface area (Å²) in [6, 6.07) is 0. The van der Waals surface area contributed by atoms with Crippen molar-refractivity contribution < 1.29 is 57.2 Å². The van der Waals surface area contributed by atoms with Gasteiger partial charge in [-0.2, -0.15) is 0 Å². The van der Waals surface area contributed by atoms with Gasteiger partial charge in [0.2, 0.25) is 0 Å². The highest BCUT2D eigenvalue weighted by Crippen LogP contribution is 2.56. The SMILES string of the molecule is C=CC1CC1(C(=O)OCC)C(=O)OCCCOC(=O)NCCC(C)CC(C)(C)CNC(=O)OCCCOC(=O)C1(C(=O)OCC)CC1C=C. The highest BCUT2D eigenvalue weighted by Gasteiger charge is 2.67. The Kier molecular flexibility index (Phi) is 16.1. The van der Waals surface area contributed by atoms with Crippen molar-refractivity contribution in [3.05, 3.63) is 25.3 Å². The summed E-state index contributed by atoms with van der Waals surface area (Å²) in [5, 5.41) is 5.46. The van der Waals surface area contributed by atoms with Crippen LogP contribution < -0.4 is 10.6 Å². The van der Waals surface area contributed by atoms with Crippen molar-refractivity contribution in [1.82, 2.24) is 10.6 Å². The van der Waals surface area contributed by atoms with Crippen LogP contribution in [0.3, 0.4) is 0 Å². The average molecular weight is 695 g/mol. The number of carbonyl (C=O) groups is 6. The standard InChI is InChI=1S/C35H54N2O12/c1-8-25-21-34(25,27(38)44-10-3)29(40)46-16-12-18-48-31(42)36-15-14-24(5)20-33(6,7)23-37-32(43)49-19-13-17-47-30(41)35(22-26(35)9-2)28(39)45-11-4/h8-9,24-26H,1-2,10-23H2,3-7H3,(H,36,42)(H,37,43). The van der Waals surface area contributed by atoms with E-state index in [1.54, 1.807) is 26.0 Å². The molecule has 2 fully saturated rings. The van der Waals surface area contributed by atoms with Crippen molar-refractivity contribution in [1.29, 1.82) is 0 Å². The maximum Gasteiger partial charge on any atom is 0.407 e. The Morgan fingerprint density at radius 1 is 0.714 bits per heavy atom. The van der Waals surface area contributed by atoms with Gasteiger partial charge in [-0.3, -0.25) is 19.2 Å². The van der Waals surface area contributed by atoms with E-state index in [2.05, 4.69) is 23.8 Å². The number of amides is 2. The molecule has 0 spiro atoms. The number of nitrogens with one attached hydrogen (secondary N) is 2. The molecule has 0 heterocycles. The summed E-state index contributed by atoms with van der Waals surface area (Å²) < 4.78 is 30.9. The van der Waals surface area contributed by atoms with Gasteiger partial charge in [-0.25, -0.2) is 9.59 Å². The fourth-order valence-corrected chi connectivity index (χ4v) is 5.76. The minimum absolute atomic E-state index is 0.00382. The third-order valence-corrected chi connectivity index (χ3v) is 8.64. The van der Waals surface area contributed by atoms with Gasteiger partial charge in [0.15, 0.2) is 10.8 Å². The Hall–Kier alpha value is -4.10. The molecule has 0 aromatic carbocycles. The Morgan fingerprint density at radius 3 is 1.53 bits per heavy atom. The Balaban J connectivity index is 1.54. The van der Waals surface area contributed by atoms with Crippen LogP contribution in [0.4, 0.5) is 9.59 Å². The molecule has 0 aliphatic heterocycles. The lowest BCUT2D eigenvalue weighted by atomic mass is 9.82. The summed E-state index contributed by atoms with van der Waals surface area (Å²) in [5.41, 5.74) is -2.88. The predicted octanol–water partition coefficient (Wildman–Crippen LogP) is 4.26. The summed E-state index contributed by atoms with van der Waals surface area (Å²) in [4.78, 5) is 73.8. The highest BCUT2D eigenvalue weighted by molar-refractivity contribution is 6.05. The van der Waals surface area contributed by atoms with Crippen molar-refractivity contribution in [2.24, 2.45) is 34.0 Å². The zero-order valence-corrected chi connectivity index (χ0v) is 29.6. The molecule has 5 atom stereocenters. The van der Waals surface area contributed by atoms with E-state index >= 15 is 0 Å². The largest absolute Gasteiger partial charge is 0.465 e. The number of hydrogen-bond acceptors (Lipinski definition) is 12. The molecule has 0 aromatic heterocycles. The van der Waals surface area contributed by atoms with Crippen LogP contribution >= 0.6 is 0 Å². The molecule has 0 aromatic rings. The lowest BCUT2D eigenvalue weighted by Gasteiger charge is -2.28. The third kappa shape index (κ3) is 11.8. The average Bonchev–Trinajstić information content (AvgIpc) is 3.97. The van der Waals surface area contributed by atoms with Crippen LogP contribution in [0.1, 0.15) is 73.1 Å². The van der Waals surface area contributed by atoms with E-state index < -0.39 is 46.9 Å². The van der Waals surface area contributed by atoms with Crippen LogP contribution in [0.2, 0.25) is 0 Å². The molecule has 2 N–H and O–H groups in total. The normalized spacial score (nSPS) is 22.7. The van der Waals surface area contributed by atoms with Crippen molar-refractivity contribution in [2.75, 3.05) is 52.7 Å². The van der Waals surface area contributed by atoms with Crippen LogP contribution in [0.25, 0.3) is 0 Å². The molecule has 49 heavy (non-hydrogen) atoms. The van der Waals surface area contributed by atoms with E-state index in [1.165, 1.54) is 0 Å². The number of allylic oxidation sites excluding steroid dienone is 2. The Bertz CT molecular complexity index is 1200. The molecule has 2 amide bonds. The number of ether oxygens (including phenoxy) is 6. The van der Waals surface area contributed by atoms with Gasteiger partial charge in [0, 0.05) is 37.8 Å². The fraction of sp³-hybridized carbons (Fsp3) is 0.714. The molecular formula is C35H54N2O12. The van der Waals surface area contributed by atoms with Crippen LogP contribution in [0, 0.1) is 34.0 Å². The number of alkyl carbamates (subject to hydrolysis) is 2. The van der Waals surface area contributed by atoms with Gasteiger partial charge < -0.3 is 39.1 Å². The first-order chi connectivity index (χ1) is 23.2. The lowest BCUT2D eigenvalue weighted by molar-refractivity contribution is -0.166. The molecular weight excluding hydrogens is 640 g/mol. The first kappa shape index (κ1) is 41.1. The molecule has 14 nitrogen and oxygen atoms in total. The molecule has 2 aliphatic rings. The molecule has 2 rings (SSSR count). The van der Waals surface area contributed by atoms with Crippen molar-refractivity contribution in [3.63, 3.8) is 0 Å². The van der Waals surface area contributed by atoms with E-state index in [0.29, 0.717) is 32.4 Å². The van der Waals surface area contributed by atoms with Gasteiger partial charge in [-0.1, -0.05) is 32.9 Å². The number of rotatable bonds is 23. The predicted molar refractivity (Wildman–Crippen MR) is 177 cm³/mol. The van der Waals surface area contributed by atoms with Gasteiger partial charge in [-0.15, -0.1) is 13.2 Å². The number of carbonyl (C=O) groups excluding carboxylic acids is 6. The summed E-state index contributed by atoms with van der Waals surface area (Å²) in [6.45, 7) is 17.9. The van der Waals surface area contributed by atoms with Gasteiger partial charge in [0.05, 0.1) is 39.6 Å². The van der Waals surface area contributed by atoms with Crippen molar-refractivity contribution in [2.45, 2.75) is 73.1 Å². The van der Waals surface area contributed by atoms with Crippen molar-refractivity contribution >= 4 is 36.1 Å². The molecule has 0 bridgehead atoms. The second-order valence-electron chi connectivity index (χ2n) is 13.3. The van der Waals surface area contributed by atoms with Gasteiger partial charge in [0.25, 0.3) is 0 Å². The molecule has 2 aliphatic carbocycles. The number of hydrogen-bond donors (Lipinski definition) is 2. The topological polar surface area (TPSA) is 182 Å². The minimum atomic E-state index is -1.32. The maximum atomic E-state index is 12.5. The van der Waals surface area contributed by atoms with Crippen LogP contribution in [0.5, 0.6) is 0 Å². The zero-order valence-electron chi connectivity index (χ0n) is 29.6. The quantitative estimate of drug-likeness (QED) is 0.0511. The van der Waals surface area contributed by atoms with Gasteiger partial charge >= 0.3 is 36.1 Å². The Labute approximate surface area is 289 Å². The summed E-state index contributed by atoms with van der Waals surface area (Å²) in [7, 11) is 0. The van der Waals surface area contributed by atoms with E-state index in [0.717, 1.165) is 6.42 Å². The zero-order chi connectivity index (χ0) is 36.7. The van der Waals surface area contributed by atoms with Crippen LogP contribution in [-0.2, 0) is 47.6 Å². The van der Waals surface area contributed by atoms with E-state index in [-0.39, 0.29) is 75.7 Å². The van der Waals surface area contributed by atoms with E-state index in [9.17, 15) is 28.8 Å². The maximum absolute atomic E-state index is 12.5. The van der Waals surface area contributed by atoms with Gasteiger partial charge in [0.1, 0.15) is 0 Å². The summed E-state index contributed by atoms with van der Waals surface area (Å²) in [6.07, 6.45) is 4.55. The monoisotopic (exact) mass is 694 g/mol. The summed E-state index contributed by atoms with van der Waals surface area (Å²) in [5.74, 6) is -2.91. The summed E-state index contributed by atoms with van der Waals surface area (Å²) >= 11 is 0. The molecule has 5 unspecified atom stereocenters. The molecule has 0 radical (unpaired) electrons. The van der Waals surface area contributed by atoms with Crippen molar-refractivity contribution in [3.8, 4) is 0 Å². The third-order valence-electron chi connectivity index (χ3n) is 8.64. The van der Waals surface area contributed by atoms with E-state index in [1.807, 2.05) is 20.8 Å². The van der Waals surface area contributed by atoms with E-state index in [4.69, 9.17) is 28.4 Å². The molecule has 14 heteroatoms. The first-order valence-corrected chi connectivity index (χ1v) is 17.0. The Morgan fingerprint density at radius 2 is 1.12 bits per heavy atom. The van der Waals surface area contributed by atoms with Gasteiger partial charge in [-0.05, 0) is 50.9 Å². The highest BCUT2D eigenvalue weighted by atomic mass is 16.6. The number of esters is 4. The second-order valence-corrected chi connectivity index (χ2v) is 13.3. The smallest absolute Gasteiger partial charge is 0.407 e. The minimum Gasteiger partial charge on any atom is -0.465 e. The fourth-order valence-electron chi connectivity index (χ4n) is 5.76. The molecule has 0 saturated heterocycles. The molecule has 2 saturated carbocycles. The first-order valence-electron chi connectivity index (χ1n) is 17.0.